The van der Waals surface area contributed by atoms with Crippen LogP contribution in [0.2, 0.25) is 0 Å². The van der Waals surface area contributed by atoms with Crippen LogP contribution in [0.15, 0.2) is 24.3 Å². The standard InChI is InChI=1S/C14H23NO3S/c1-12(2)13-8-4-5-9-14(13)15(3)10-6-7-11-19(16,17)18/h4-5,8-9,12H,6-7,10-11H2,1-3H3,(H,16,17,18). The van der Waals surface area contributed by atoms with Gasteiger partial charge in [-0.25, -0.2) is 0 Å². The Kier molecular flexibility index (Phi) is 5.82. The van der Waals surface area contributed by atoms with Crippen LogP contribution in [0.4, 0.5) is 5.69 Å². The molecule has 0 fully saturated rings. The summed E-state index contributed by atoms with van der Waals surface area (Å²) in [5.74, 6) is 0.295. The van der Waals surface area contributed by atoms with Gasteiger partial charge in [-0.2, -0.15) is 8.42 Å². The summed E-state index contributed by atoms with van der Waals surface area (Å²) in [6, 6.07) is 8.24. The second-order valence-electron chi connectivity index (χ2n) is 5.13. The van der Waals surface area contributed by atoms with Gasteiger partial charge in [0.25, 0.3) is 10.1 Å². The molecule has 0 aliphatic heterocycles. The lowest BCUT2D eigenvalue weighted by atomic mass is 10.0. The van der Waals surface area contributed by atoms with Gasteiger partial charge in [0.2, 0.25) is 0 Å². The minimum atomic E-state index is -3.83. The van der Waals surface area contributed by atoms with Crippen molar-refractivity contribution in [2.24, 2.45) is 0 Å². The maximum absolute atomic E-state index is 10.6. The van der Waals surface area contributed by atoms with Crippen LogP contribution in [-0.2, 0) is 10.1 Å². The lowest BCUT2D eigenvalue weighted by Crippen LogP contribution is -2.21. The van der Waals surface area contributed by atoms with Crippen LogP contribution >= 0.6 is 0 Å². The molecule has 0 aliphatic carbocycles. The molecule has 0 bridgehead atoms. The number of nitrogens with zero attached hydrogens (tertiary/aromatic N) is 1. The van der Waals surface area contributed by atoms with E-state index >= 15 is 0 Å². The first-order valence-electron chi connectivity index (χ1n) is 6.56. The van der Waals surface area contributed by atoms with E-state index < -0.39 is 10.1 Å². The number of benzene rings is 1. The summed E-state index contributed by atoms with van der Waals surface area (Å²) in [4.78, 5) is 2.14. The Morgan fingerprint density at radius 3 is 2.42 bits per heavy atom. The van der Waals surface area contributed by atoms with Crippen molar-refractivity contribution in [3.05, 3.63) is 29.8 Å². The summed E-state index contributed by atoms with van der Waals surface area (Å²) in [6.07, 6.45) is 1.22. The van der Waals surface area contributed by atoms with Gasteiger partial charge in [-0.05, 0) is 30.4 Å². The van der Waals surface area contributed by atoms with Crippen molar-refractivity contribution >= 4 is 15.8 Å². The molecule has 0 radical (unpaired) electrons. The van der Waals surface area contributed by atoms with E-state index in [0.29, 0.717) is 12.3 Å². The minimum Gasteiger partial charge on any atom is -0.374 e. The smallest absolute Gasteiger partial charge is 0.264 e. The zero-order chi connectivity index (χ0) is 14.5. The Hall–Kier alpha value is -1.07. The number of anilines is 1. The van der Waals surface area contributed by atoms with Crippen LogP contribution in [0.3, 0.4) is 0 Å². The monoisotopic (exact) mass is 285 g/mol. The summed E-state index contributed by atoms with van der Waals surface area (Å²) in [6.45, 7) is 5.09. The molecule has 1 aromatic carbocycles. The van der Waals surface area contributed by atoms with E-state index in [1.54, 1.807) is 0 Å². The van der Waals surface area contributed by atoms with Crippen molar-refractivity contribution < 1.29 is 13.0 Å². The van der Waals surface area contributed by atoms with Gasteiger partial charge in [-0.1, -0.05) is 32.0 Å². The lowest BCUT2D eigenvalue weighted by molar-refractivity contribution is 0.480. The first kappa shape index (κ1) is 16.0. The van der Waals surface area contributed by atoms with Crippen LogP contribution < -0.4 is 4.90 Å². The third-order valence-electron chi connectivity index (χ3n) is 3.12. The van der Waals surface area contributed by atoms with Crippen LogP contribution in [0, 0.1) is 0 Å². The molecule has 0 amide bonds. The molecule has 108 valence electrons. The molecule has 0 unspecified atom stereocenters. The van der Waals surface area contributed by atoms with Gasteiger partial charge in [-0.3, -0.25) is 4.55 Å². The van der Waals surface area contributed by atoms with Gasteiger partial charge >= 0.3 is 0 Å². The Labute approximate surface area is 116 Å². The summed E-state index contributed by atoms with van der Waals surface area (Å²) >= 11 is 0. The highest BCUT2D eigenvalue weighted by Gasteiger charge is 2.10. The summed E-state index contributed by atoms with van der Waals surface area (Å²) < 4.78 is 29.9. The van der Waals surface area contributed by atoms with E-state index in [9.17, 15) is 8.42 Å². The quantitative estimate of drug-likeness (QED) is 0.618. The van der Waals surface area contributed by atoms with Crippen LogP contribution in [0.1, 0.15) is 38.2 Å². The van der Waals surface area contributed by atoms with Crippen molar-refractivity contribution in [3.63, 3.8) is 0 Å². The van der Waals surface area contributed by atoms with E-state index in [1.807, 2.05) is 19.2 Å². The molecule has 1 rings (SSSR count). The zero-order valence-electron chi connectivity index (χ0n) is 11.8. The highest BCUT2D eigenvalue weighted by atomic mass is 32.2. The fraction of sp³-hybridized carbons (Fsp3) is 0.571. The number of hydrogen-bond acceptors (Lipinski definition) is 3. The van der Waals surface area contributed by atoms with Gasteiger partial charge in [0.05, 0.1) is 5.75 Å². The summed E-state index contributed by atoms with van der Waals surface area (Å²) in [7, 11) is -1.82. The molecule has 19 heavy (non-hydrogen) atoms. The number of hydrogen-bond donors (Lipinski definition) is 1. The third-order valence-corrected chi connectivity index (χ3v) is 3.92. The Morgan fingerprint density at radius 1 is 1.21 bits per heavy atom. The lowest BCUT2D eigenvalue weighted by Gasteiger charge is -2.24. The van der Waals surface area contributed by atoms with E-state index in [2.05, 4.69) is 30.9 Å². The van der Waals surface area contributed by atoms with Crippen molar-refractivity contribution in [1.82, 2.24) is 0 Å². The topological polar surface area (TPSA) is 57.6 Å². The van der Waals surface area contributed by atoms with E-state index in [4.69, 9.17) is 4.55 Å². The highest BCUT2D eigenvalue weighted by Crippen LogP contribution is 2.26. The average molecular weight is 285 g/mol. The largest absolute Gasteiger partial charge is 0.374 e. The van der Waals surface area contributed by atoms with Crippen LogP contribution in [0.25, 0.3) is 0 Å². The highest BCUT2D eigenvalue weighted by molar-refractivity contribution is 7.85. The number of rotatable bonds is 7. The molecule has 4 nitrogen and oxygen atoms in total. The van der Waals surface area contributed by atoms with E-state index in [1.165, 1.54) is 11.3 Å². The molecule has 0 atom stereocenters. The van der Waals surface area contributed by atoms with E-state index in [0.717, 1.165) is 13.0 Å². The molecule has 5 heteroatoms. The maximum Gasteiger partial charge on any atom is 0.264 e. The molecule has 0 aliphatic rings. The molecular weight excluding hydrogens is 262 g/mol. The van der Waals surface area contributed by atoms with Crippen molar-refractivity contribution in [2.45, 2.75) is 32.6 Å². The molecule has 0 heterocycles. The SMILES string of the molecule is CC(C)c1ccccc1N(C)CCCCS(=O)(=O)O. The molecule has 0 saturated carbocycles. The second-order valence-corrected chi connectivity index (χ2v) is 6.70. The zero-order valence-corrected chi connectivity index (χ0v) is 12.7. The summed E-state index contributed by atoms with van der Waals surface area (Å²) in [5, 5.41) is 0. The first-order chi connectivity index (χ1) is 8.81. The maximum atomic E-state index is 10.6. The first-order valence-corrected chi connectivity index (χ1v) is 8.17. The van der Waals surface area contributed by atoms with Crippen molar-refractivity contribution in [1.29, 1.82) is 0 Å². The van der Waals surface area contributed by atoms with E-state index in [-0.39, 0.29) is 5.75 Å². The third kappa shape index (κ3) is 5.61. The van der Waals surface area contributed by atoms with Crippen molar-refractivity contribution in [2.75, 3.05) is 24.2 Å². The Bertz CT molecular complexity index is 497. The Balaban J connectivity index is 2.56. The fourth-order valence-electron chi connectivity index (χ4n) is 2.08. The molecule has 1 N–H and O–H groups in total. The molecule has 0 saturated heterocycles. The Morgan fingerprint density at radius 2 is 1.84 bits per heavy atom. The predicted octanol–water partition coefficient (Wildman–Crippen LogP) is 2.91. The molecule has 0 spiro atoms. The predicted molar refractivity (Wildman–Crippen MR) is 79.5 cm³/mol. The normalized spacial score (nSPS) is 11.8. The molecule has 0 aromatic heterocycles. The summed E-state index contributed by atoms with van der Waals surface area (Å²) in [5.41, 5.74) is 2.48. The fourth-order valence-corrected chi connectivity index (χ4v) is 2.65. The van der Waals surface area contributed by atoms with Gasteiger partial charge < -0.3 is 4.90 Å². The van der Waals surface area contributed by atoms with Crippen LogP contribution in [0.5, 0.6) is 0 Å². The number of para-hydroxylation sites is 1. The van der Waals surface area contributed by atoms with Gasteiger partial charge in [0, 0.05) is 19.3 Å². The number of unbranched alkanes of at least 4 members (excludes halogenated alkanes) is 1. The minimum absolute atomic E-state index is 0.160. The molecular formula is C14H23NO3S. The molecule has 1 aromatic rings. The van der Waals surface area contributed by atoms with Gasteiger partial charge in [-0.15, -0.1) is 0 Å². The van der Waals surface area contributed by atoms with Gasteiger partial charge in [0.15, 0.2) is 0 Å². The van der Waals surface area contributed by atoms with Gasteiger partial charge in [0.1, 0.15) is 0 Å². The van der Waals surface area contributed by atoms with Crippen molar-refractivity contribution in [3.8, 4) is 0 Å². The average Bonchev–Trinajstić information content (AvgIpc) is 2.33. The second kappa shape index (κ2) is 6.91. The van der Waals surface area contributed by atoms with Crippen LogP contribution in [-0.4, -0.2) is 32.3 Å².